The molecule has 1 saturated carbocycles. The zero-order chi connectivity index (χ0) is 19.9. The fourth-order valence-corrected chi connectivity index (χ4v) is 3.45. The van der Waals surface area contributed by atoms with Gasteiger partial charge in [-0.2, -0.15) is 0 Å². The molecule has 1 spiro atoms. The number of carbonyl (C=O) groups excluding carboxylic acids is 2. The monoisotopic (exact) mass is 388 g/mol. The van der Waals surface area contributed by atoms with Crippen LogP contribution in [-0.4, -0.2) is 24.8 Å². The van der Waals surface area contributed by atoms with E-state index in [1.165, 1.54) is 0 Å². The molecule has 9 heteroatoms. The molecule has 1 saturated heterocycles. The van der Waals surface area contributed by atoms with Crippen LogP contribution in [-0.2, 0) is 19.0 Å². The molecule has 0 N–H and O–H groups in total. The average Bonchev–Trinajstić information content (AvgIpc) is 2.62. The number of carbonyl (C=O) groups is 2. The van der Waals surface area contributed by atoms with Gasteiger partial charge in [0.2, 0.25) is 0 Å². The third-order valence-electron chi connectivity index (χ3n) is 4.75. The average molecular weight is 388 g/mol. The van der Waals surface area contributed by atoms with Gasteiger partial charge >= 0.3 is 11.9 Å². The molecule has 2 aliphatic rings. The molecule has 1 heterocycles. The van der Waals surface area contributed by atoms with Crippen molar-refractivity contribution >= 4 is 11.9 Å². The van der Waals surface area contributed by atoms with Gasteiger partial charge in [0.1, 0.15) is 17.2 Å². The molecule has 0 amide bonds. The summed E-state index contributed by atoms with van der Waals surface area (Å²) in [5, 5.41) is 0. The topological polar surface area (TPSA) is 61.8 Å². The third kappa shape index (κ3) is 3.04. The third-order valence-corrected chi connectivity index (χ3v) is 4.75. The fraction of sp³-hybridized carbons (Fsp3) is 0.444. The molecule has 1 atom stereocenters. The maximum atomic E-state index is 14.5. The lowest BCUT2D eigenvalue weighted by atomic mass is 9.89. The smallest absolute Gasteiger partial charge is 0.344 e. The van der Waals surface area contributed by atoms with Crippen molar-refractivity contribution in [2.75, 3.05) is 7.11 Å². The Kier molecular flexibility index (Phi) is 4.88. The van der Waals surface area contributed by atoms with Crippen molar-refractivity contribution in [1.29, 1.82) is 0 Å². The van der Waals surface area contributed by atoms with E-state index < -0.39 is 58.0 Å². The van der Waals surface area contributed by atoms with Crippen LogP contribution >= 0.6 is 0 Å². The van der Waals surface area contributed by atoms with Gasteiger partial charge in [0.25, 0.3) is 5.79 Å². The van der Waals surface area contributed by atoms with Gasteiger partial charge in [-0.15, -0.1) is 0 Å². The first-order valence-corrected chi connectivity index (χ1v) is 8.27. The van der Waals surface area contributed by atoms with E-state index in [-0.39, 0.29) is 5.76 Å². The second-order valence-corrected chi connectivity index (χ2v) is 6.43. The Bertz CT molecular complexity index is 781. The Balaban J connectivity index is 2.05. The van der Waals surface area contributed by atoms with Crippen LogP contribution in [0.1, 0.15) is 53.9 Å². The molecule has 3 rings (SSSR count). The number of halogens is 4. The summed E-state index contributed by atoms with van der Waals surface area (Å²) >= 11 is 0. The lowest BCUT2D eigenvalue weighted by Gasteiger charge is -2.42. The van der Waals surface area contributed by atoms with Crippen LogP contribution in [0.4, 0.5) is 17.6 Å². The molecule has 146 valence electrons. The van der Waals surface area contributed by atoms with Gasteiger partial charge in [-0.25, -0.2) is 22.4 Å². The van der Waals surface area contributed by atoms with Crippen molar-refractivity contribution in [2.24, 2.45) is 0 Å². The molecule has 27 heavy (non-hydrogen) atoms. The lowest BCUT2D eigenvalue weighted by Crippen LogP contribution is -2.46. The van der Waals surface area contributed by atoms with E-state index in [4.69, 9.17) is 9.47 Å². The predicted octanol–water partition coefficient (Wildman–Crippen LogP) is 3.86. The molecular weight excluding hydrogens is 372 g/mol. The molecule has 1 aliphatic heterocycles. The van der Waals surface area contributed by atoms with Crippen LogP contribution in [0.15, 0.2) is 12.3 Å². The summed E-state index contributed by atoms with van der Waals surface area (Å²) in [6.45, 7) is 3.49. The summed E-state index contributed by atoms with van der Waals surface area (Å²) in [5.41, 5.74) is -2.80. The number of esters is 2. The maximum absolute atomic E-state index is 14.5. The Labute approximate surface area is 151 Å². The summed E-state index contributed by atoms with van der Waals surface area (Å²) in [5.74, 6) is -14.1. The van der Waals surface area contributed by atoms with Gasteiger partial charge in [0.05, 0.1) is 12.7 Å². The Morgan fingerprint density at radius 3 is 2.07 bits per heavy atom. The largest absolute Gasteiger partial charge is 0.465 e. The van der Waals surface area contributed by atoms with Crippen LogP contribution in [0, 0.1) is 23.3 Å². The molecular formula is C18H16F4O5. The van der Waals surface area contributed by atoms with E-state index in [0.29, 0.717) is 25.7 Å². The van der Waals surface area contributed by atoms with Gasteiger partial charge in [-0.3, -0.25) is 4.79 Å². The Morgan fingerprint density at radius 2 is 1.59 bits per heavy atom. The number of rotatable bonds is 2. The summed E-state index contributed by atoms with van der Waals surface area (Å²) < 4.78 is 72.2. The fourth-order valence-electron chi connectivity index (χ4n) is 3.45. The first-order valence-electron chi connectivity index (χ1n) is 8.27. The molecule has 0 bridgehead atoms. The van der Waals surface area contributed by atoms with Crippen molar-refractivity contribution in [2.45, 2.75) is 43.8 Å². The molecule has 5 nitrogen and oxygen atoms in total. The highest BCUT2D eigenvalue weighted by Crippen LogP contribution is 2.44. The van der Waals surface area contributed by atoms with E-state index in [1.807, 2.05) is 0 Å². The predicted molar refractivity (Wildman–Crippen MR) is 82.5 cm³/mol. The normalized spacial score (nSPS) is 21.6. The zero-order valence-electron chi connectivity index (χ0n) is 14.4. The highest BCUT2D eigenvalue weighted by atomic mass is 19.2. The molecule has 1 aliphatic carbocycles. The van der Waals surface area contributed by atoms with Gasteiger partial charge in [0, 0.05) is 12.8 Å². The van der Waals surface area contributed by atoms with Gasteiger partial charge in [0.15, 0.2) is 23.3 Å². The number of hydrogen-bond donors (Lipinski definition) is 0. The number of hydrogen-bond acceptors (Lipinski definition) is 5. The SMILES string of the molecule is C=C1OC2(CCCCC2)OC(=O)[C@@H]1c1c(F)c(F)c(C(=O)OC)c(F)c1F. The minimum Gasteiger partial charge on any atom is -0.465 e. The van der Waals surface area contributed by atoms with Crippen molar-refractivity contribution in [1.82, 2.24) is 0 Å². The van der Waals surface area contributed by atoms with Crippen LogP contribution in [0.5, 0.6) is 0 Å². The number of methoxy groups -OCH3 is 1. The minimum atomic E-state index is -1.98. The minimum absolute atomic E-state index is 0.374. The molecule has 0 aromatic heterocycles. The van der Waals surface area contributed by atoms with Crippen molar-refractivity contribution < 1.29 is 41.4 Å². The van der Waals surface area contributed by atoms with Gasteiger partial charge in [-0.1, -0.05) is 13.0 Å². The molecule has 0 unspecified atom stereocenters. The van der Waals surface area contributed by atoms with E-state index in [2.05, 4.69) is 11.3 Å². The molecule has 1 aromatic rings. The standard InChI is InChI=1S/C18H16F4O5/c1-8-9(17(24)27-18(26-8)6-4-3-5-7-18)10-12(19)14(21)11(16(23)25-2)15(22)13(10)20/h9H,1,3-7H2,2H3/t9-/m0/s1. The summed E-state index contributed by atoms with van der Waals surface area (Å²) in [6, 6.07) is 0. The van der Waals surface area contributed by atoms with Crippen LogP contribution in [0.3, 0.4) is 0 Å². The second kappa shape index (κ2) is 6.86. The van der Waals surface area contributed by atoms with Gasteiger partial charge < -0.3 is 14.2 Å². The van der Waals surface area contributed by atoms with Crippen LogP contribution in [0.2, 0.25) is 0 Å². The lowest BCUT2D eigenvalue weighted by molar-refractivity contribution is -0.248. The van der Waals surface area contributed by atoms with E-state index in [9.17, 15) is 27.2 Å². The van der Waals surface area contributed by atoms with Crippen molar-refractivity contribution in [3.63, 3.8) is 0 Å². The second-order valence-electron chi connectivity index (χ2n) is 6.43. The highest BCUT2D eigenvalue weighted by Gasteiger charge is 2.49. The van der Waals surface area contributed by atoms with E-state index in [0.717, 1.165) is 13.5 Å². The Hall–Kier alpha value is -2.58. The van der Waals surface area contributed by atoms with E-state index in [1.54, 1.807) is 0 Å². The first-order chi connectivity index (χ1) is 12.7. The molecule has 1 aromatic carbocycles. The highest BCUT2D eigenvalue weighted by molar-refractivity contribution is 5.90. The van der Waals surface area contributed by atoms with E-state index >= 15 is 0 Å². The van der Waals surface area contributed by atoms with Crippen LogP contribution in [0.25, 0.3) is 0 Å². The molecule has 0 radical (unpaired) electrons. The van der Waals surface area contributed by atoms with Crippen molar-refractivity contribution in [3.8, 4) is 0 Å². The number of benzene rings is 1. The maximum Gasteiger partial charge on any atom is 0.344 e. The Morgan fingerprint density at radius 1 is 1.04 bits per heavy atom. The van der Waals surface area contributed by atoms with Crippen molar-refractivity contribution in [3.05, 3.63) is 46.7 Å². The molecule has 2 fully saturated rings. The summed E-state index contributed by atoms with van der Waals surface area (Å²) in [6.07, 6.45) is 3.09. The quantitative estimate of drug-likeness (QED) is 0.437. The van der Waals surface area contributed by atoms with Gasteiger partial charge in [-0.05, 0) is 12.8 Å². The zero-order valence-corrected chi connectivity index (χ0v) is 14.4. The first kappa shape index (κ1) is 19.2. The summed E-state index contributed by atoms with van der Waals surface area (Å²) in [4.78, 5) is 23.9. The number of ether oxygens (including phenoxy) is 3. The summed E-state index contributed by atoms with van der Waals surface area (Å²) in [7, 11) is 0.794. The van der Waals surface area contributed by atoms with Crippen LogP contribution < -0.4 is 0 Å².